The first-order valence-corrected chi connectivity index (χ1v) is 5.89. The summed E-state index contributed by atoms with van der Waals surface area (Å²) in [6.45, 7) is 6.94. The molecule has 0 radical (unpaired) electrons. The summed E-state index contributed by atoms with van der Waals surface area (Å²) in [5.41, 5.74) is -0.596. The van der Waals surface area contributed by atoms with E-state index >= 15 is 0 Å². The van der Waals surface area contributed by atoms with Crippen molar-refractivity contribution in [2.24, 2.45) is 0 Å². The van der Waals surface area contributed by atoms with Gasteiger partial charge < -0.3 is 9.84 Å². The lowest BCUT2D eigenvalue weighted by Gasteiger charge is -2.37. The van der Waals surface area contributed by atoms with E-state index in [1.54, 1.807) is 20.8 Å². The van der Waals surface area contributed by atoms with E-state index in [0.717, 1.165) is 0 Å². The Kier molecular flexibility index (Phi) is 4.14. The van der Waals surface area contributed by atoms with E-state index in [-0.39, 0.29) is 12.3 Å². The van der Waals surface area contributed by atoms with Crippen molar-refractivity contribution in [3.05, 3.63) is 0 Å². The zero-order valence-corrected chi connectivity index (χ0v) is 10.9. The maximum atomic E-state index is 11.9. The zero-order chi connectivity index (χ0) is 13.2. The number of hydrogen-bond acceptors (Lipinski definition) is 4. The number of likely N-dealkylation sites (tertiary alicyclic amines) is 1. The zero-order valence-electron chi connectivity index (χ0n) is 10.9. The van der Waals surface area contributed by atoms with Crippen LogP contribution in [0.2, 0.25) is 0 Å². The van der Waals surface area contributed by atoms with Gasteiger partial charge in [0.2, 0.25) is 0 Å². The molecule has 0 bridgehead atoms. The number of ether oxygens (including phenoxy) is 1. The van der Waals surface area contributed by atoms with E-state index in [4.69, 9.17) is 4.74 Å². The highest BCUT2D eigenvalue weighted by Gasteiger charge is 2.35. The molecule has 0 aromatic rings. The highest BCUT2D eigenvalue weighted by molar-refractivity contribution is 5.85. The van der Waals surface area contributed by atoms with Gasteiger partial charge in [-0.2, -0.15) is 0 Å². The van der Waals surface area contributed by atoms with Crippen LogP contribution in [0.4, 0.5) is 4.79 Å². The second-order valence-corrected chi connectivity index (χ2v) is 5.49. The van der Waals surface area contributed by atoms with Gasteiger partial charge in [-0.3, -0.25) is 9.69 Å². The lowest BCUT2D eigenvalue weighted by molar-refractivity contribution is -0.124. The van der Waals surface area contributed by atoms with Crippen molar-refractivity contribution in [3.8, 4) is 0 Å². The number of piperidine rings is 1. The summed E-state index contributed by atoms with van der Waals surface area (Å²) in [5, 5.41) is 9.57. The third-order valence-electron chi connectivity index (χ3n) is 2.65. The smallest absolute Gasteiger partial charge is 0.410 e. The van der Waals surface area contributed by atoms with Crippen LogP contribution in [0.5, 0.6) is 0 Å². The summed E-state index contributed by atoms with van der Waals surface area (Å²) in [6, 6.07) is -0.465. The first-order valence-electron chi connectivity index (χ1n) is 5.89. The van der Waals surface area contributed by atoms with Crippen LogP contribution in [-0.2, 0) is 9.53 Å². The van der Waals surface area contributed by atoms with Gasteiger partial charge in [-0.05, 0) is 40.5 Å². The van der Waals surface area contributed by atoms with Gasteiger partial charge in [0.25, 0.3) is 0 Å². The van der Waals surface area contributed by atoms with Crippen molar-refractivity contribution in [1.29, 1.82) is 0 Å². The fourth-order valence-electron chi connectivity index (χ4n) is 1.90. The minimum atomic E-state index is -0.596. The first kappa shape index (κ1) is 14.0. The highest BCUT2D eigenvalue weighted by Crippen LogP contribution is 2.21. The Morgan fingerprint density at radius 2 is 1.88 bits per heavy atom. The number of carbonyl (C=O) groups is 2. The average molecular weight is 243 g/mol. The van der Waals surface area contributed by atoms with E-state index in [1.165, 1.54) is 11.8 Å². The van der Waals surface area contributed by atoms with Crippen LogP contribution in [0.25, 0.3) is 0 Å². The van der Waals surface area contributed by atoms with Gasteiger partial charge >= 0.3 is 6.09 Å². The molecule has 0 aromatic carbocycles. The van der Waals surface area contributed by atoms with Crippen LogP contribution in [0.15, 0.2) is 0 Å². The van der Waals surface area contributed by atoms with Crippen molar-refractivity contribution in [3.63, 3.8) is 0 Å². The summed E-state index contributed by atoms with van der Waals surface area (Å²) in [4.78, 5) is 24.7. The van der Waals surface area contributed by atoms with Crippen LogP contribution in [0.1, 0.15) is 40.5 Å². The first-order chi connectivity index (χ1) is 7.70. The SMILES string of the molecule is CC(=O)C1CCC(O)CN1C(=O)OC(C)(C)C. The lowest BCUT2D eigenvalue weighted by atomic mass is 9.98. The van der Waals surface area contributed by atoms with Crippen LogP contribution < -0.4 is 0 Å². The molecule has 98 valence electrons. The van der Waals surface area contributed by atoms with Gasteiger partial charge in [0, 0.05) is 0 Å². The van der Waals surface area contributed by atoms with E-state index in [1.807, 2.05) is 0 Å². The summed E-state index contributed by atoms with van der Waals surface area (Å²) in [7, 11) is 0. The molecule has 1 saturated heterocycles. The second kappa shape index (κ2) is 5.04. The van der Waals surface area contributed by atoms with Crippen molar-refractivity contribution in [1.82, 2.24) is 4.90 Å². The molecule has 0 aromatic heterocycles. The van der Waals surface area contributed by atoms with Gasteiger partial charge in [0.1, 0.15) is 5.60 Å². The molecule has 1 rings (SSSR count). The third kappa shape index (κ3) is 4.00. The topological polar surface area (TPSA) is 66.8 Å². The minimum absolute atomic E-state index is 0.0669. The summed E-state index contributed by atoms with van der Waals surface area (Å²) >= 11 is 0. The molecular formula is C12H21NO4. The maximum absolute atomic E-state index is 11.9. The molecule has 1 fully saturated rings. The molecule has 1 heterocycles. The molecule has 0 saturated carbocycles. The number of hydrogen-bond donors (Lipinski definition) is 1. The molecule has 1 N–H and O–H groups in total. The molecular weight excluding hydrogens is 222 g/mol. The molecule has 1 amide bonds. The maximum Gasteiger partial charge on any atom is 0.410 e. The monoisotopic (exact) mass is 243 g/mol. The standard InChI is InChI=1S/C12H21NO4/c1-8(14)10-6-5-9(15)7-13(10)11(16)17-12(2,3)4/h9-10,15H,5-7H2,1-4H3. The fourth-order valence-corrected chi connectivity index (χ4v) is 1.90. The Morgan fingerprint density at radius 3 is 2.35 bits per heavy atom. The molecule has 0 spiro atoms. The van der Waals surface area contributed by atoms with Crippen molar-refractivity contribution < 1.29 is 19.4 Å². The van der Waals surface area contributed by atoms with Crippen molar-refractivity contribution >= 4 is 11.9 Å². The Balaban J connectivity index is 2.75. The Labute approximate surface area is 102 Å². The molecule has 1 aliphatic heterocycles. The number of amides is 1. The highest BCUT2D eigenvalue weighted by atomic mass is 16.6. The number of rotatable bonds is 1. The molecule has 2 atom stereocenters. The quantitative estimate of drug-likeness (QED) is 0.754. The number of β-amino-alcohol motifs (C(OH)–C–C–N with tert-alkyl or cyclic N) is 1. The number of Topliss-reactive ketones (excluding diaryl/α,β-unsaturated/α-hetero) is 1. The third-order valence-corrected chi connectivity index (χ3v) is 2.65. The van der Waals surface area contributed by atoms with E-state index < -0.39 is 23.8 Å². The number of ketones is 1. The summed E-state index contributed by atoms with van der Waals surface area (Å²) in [5.74, 6) is -0.0669. The molecule has 2 unspecified atom stereocenters. The van der Waals surface area contributed by atoms with Crippen LogP contribution >= 0.6 is 0 Å². The van der Waals surface area contributed by atoms with E-state index in [9.17, 15) is 14.7 Å². The van der Waals surface area contributed by atoms with Gasteiger partial charge in [-0.1, -0.05) is 0 Å². The van der Waals surface area contributed by atoms with Gasteiger partial charge in [0.15, 0.2) is 5.78 Å². The van der Waals surface area contributed by atoms with Crippen LogP contribution in [-0.4, -0.2) is 46.2 Å². The number of nitrogens with zero attached hydrogens (tertiary/aromatic N) is 1. The molecule has 17 heavy (non-hydrogen) atoms. The molecule has 0 aliphatic carbocycles. The van der Waals surface area contributed by atoms with Crippen LogP contribution in [0.3, 0.4) is 0 Å². The van der Waals surface area contributed by atoms with Gasteiger partial charge in [-0.15, -0.1) is 0 Å². The predicted octanol–water partition coefficient (Wildman–Crippen LogP) is 1.34. The van der Waals surface area contributed by atoms with Crippen molar-refractivity contribution in [2.45, 2.75) is 58.3 Å². The van der Waals surface area contributed by atoms with Gasteiger partial charge in [-0.25, -0.2) is 4.79 Å². The Morgan fingerprint density at radius 1 is 1.29 bits per heavy atom. The van der Waals surface area contributed by atoms with Crippen LogP contribution in [0, 0.1) is 0 Å². The largest absolute Gasteiger partial charge is 0.444 e. The normalized spacial score (nSPS) is 25.6. The number of aliphatic hydroxyl groups excluding tert-OH is 1. The van der Waals surface area contributed by atoms with Crippen molar-refractivity contribution in [2.75, 3.05) is 6.54 Å². The van der Waals surface area contributed by atoms with E-state index in [0.29, 0.717) is 12.8 Å². The minimum Gasteiger partial charge on any atom is -0.444 e. The Bertz CT molecular complexity index is 308. The lowest BCUT2D eigenvalue weighted by Crippen LogP contribution is -2.52. The summed E-state index contributed by atoms with van der Waals surface area (Å²) < 4.78 is 5.23. The predicted molar refractivity (Wildman–Crippen MR) is 62.6 cm³/mol. The fraction of sp³-hybridized carbons (Fsp3) is 0.833. The molecule has 5 nitrogen and oxygen atoms in total. The second-order valence-electron chi connectivity index (χ2n) is 5.49. The summed E-state index contributed by atoms with van der Waals surface area (Å²) in [6.07, 6.45) is -0.0613. The Hall–Kier alpha value is -1.10. The molecule has 5 heteroatoms. The number of carbonyl (C=O) groups excluding carboxylic acids is 2. The van der Waals surface area contributed by atoms with Gasteiger partial charge in [0.05, 0.1) is 18.7 Å². The molecule has 1 aliphatic rings. The average Bonchev–Trinajstić information content (AvgIpc) is 2.14. The van der Waals surface area contributed by atoms with E-state index in [2.05, 4.69) is 0 Å². The number of aliphatic hydroxyl groups is 1.